The van der Waals surface area contributed by atoms with Crippen LogP contribution in [0, 0.1) is 0 Å². The normalized spacial score (nSPS) is 10.8. The molecule has 0 aliphatic rings. The van der Waals surface area contributed by atoms with Gasteiger partial charge < -0.3 is 13.7 Å². The summed E-state index contributed by atoms with van der Waals surface area (Å²) in [6, 6.07) is 12.8. The third-order valence-electron chi connectivity index (χ3n) is 3.14. The predicted molar refractivity (Wildman–Crippen MR) is 77.7 cm³/mol. The second-order valence-electron chi connectivity index (χ2n) is 4.70. The molecule has 0 fully saturated rings. The second-order valence-corrected chi connectivity index (χ2v) is 4.70. The van der Waals surface area contributed by atoms with E-state index in [9.17, 15) is 0 Å². The summed E-state index contributed by atoms with van der Waals surface area (Å²) in [6.07, 6.45) is 3.10. The first-order valence-corrected chi connectivity index (χ1v) is 6.84. The number of hydrogen-bond donors (Lipinski definition) is 0. The van der Waals surface area contributed by atoms with Crippen LogP contribution < -0.4 is 4.74 Å². The molecule has 3 aromatic heterocycles. The molecule has 0 N–H and O–H groups in total. The Hall–Kier alpha value is -3.42. The van der Waals surface area contributed by atoms with Crippen LogP contribution in [0.3, 0.4) is 0 Å². The molecule has 8 nitrogen and oxygen atoms in total. The van der Waals surface area contributed by atoms with Crippen LogP contribution in [0.5, 0.6) is 5.75 Å². The van der Waals surface area contributed by atoms with Crippen molar-refractivity contribution in [1.29, 1.82) is 0 Å². The van der Waals surface area contributed by atoms with Gasteiger partial charge in [-0.1, -0.05) is 11.2 Å². The first-order chi connectivity index (χ1) is 11.4. The summed E-state index contributed by atoms with van der Waals surface area (Å²) in [7, 11) is 0. The standard InChI is InChI=1S/C15H11N5O3/c1-3-12(20-10-16-18-19-20)8-13(4-1)22-9-11-7-15(23-17-11)14-5-2-6-21-14/h1-8,10H,9H2. The molecule has 0 spiro atoms. The summed E-state index contributed by atoms with van der Waals surface area (Å²) >= 11 is 0. The largest absolute Gasteiger partial charge is 0.487 e. The molecular formula is C15H11N5O3. The average molecular weight is 309 g/mol. The highest BCUT2D eigenvalue weighted by molar-refractivity contribution is 5.49. The van der Waals surface area contributed by atoms with E-state index in [1.807, 2.05) is 24.3 Å². The molecule has 4 aromatic rings. The lowest BCUT2D eigenvalue weighted by Gasteiger charge is -2.05. The second kappa shape index (κ2) is 5.76. The van der Waals surface area contributed by atoms with Crippen LogP contribution in [0.25, 0.3) is 17.2 Å². The number of tetrazole rings is 1. The lowest BCUT2D eigenvalue weighted by molar-refractivity contribution is 0.289. The average Bonchev–Trinajstić information content (AvgIpc) is 3.35. The van der Waals surface area contributed by atoms with Crippen molar-refractivity contribution in [3.63, 3.8) is 0 Å². The Morgan fingerprint density at radius 3 is 2.91 bits per heavy atom. The van der Waals surface area contributed by atoms with Crippen LogP contribution in [0.2, 0.25) is 0 Å². The monoisotopic (exact) mass is 309 g/mol. The van der Waals surface area contributed by atoms with Gasteiger partial charge in [-0.3, -0.25) is 0 Å². The fourth-order valence-electron chi connectivity index (χ4n) is 2.07. The molecule has 0 atom stereocenters. The Kier molecular flexibility index (Phi) is 3.32. The van der Waals surface area contributed by atoms with Gasteiger partial charge in [0.2, 0.25) is 5.76 Å². The van der Waals surface area contributed by atoms with Crippen molar-refractivity contribution in [2.45, 2.75) is 6.61 Å². The minimum atomic E-state index is 0.281. The van der Waals surface area contributed by atoms with E-state index < -0.39 is 0 Å². The summed E-state index contributed by atoms with van der Waals surface area (Å²) in [4.78, 5) is 0. The maximum Gasteiger partial charge on any atom is 0.202 e. The molecule has 0 saturated heterocycles. The number of hydrogen-bond acceptors (Lipinski definition) is 7. The Morgan fingerprint density at radius 2 is 2.09 bits per heavy atom. The van der Waals surface area contributed by atoms with Gasteiger partial charge in [-0.15, -0.1) is 5.10 Å². The Labute approximate surface area is 130 Å². The van der Waals surface area contributed by atoms with Crippen LogP contribution in [0.1, 0.15) is 5.69 Å². The fourth-order valence-corrected chi connectivity index (χ4v) is 2.07. The van der Waals surface area contributed by atoms with Crippen LogP contribution in [-0.4, -0.2) is 25.4 Å². The summed E-state index contributed by atoms with van der Waals surface area (Å²) in [5.74, 6) is 1.88. The molecule has 0 saturated carbocycles. The van der Waals surface area contributed by atoms with E-state index in [-0.39, 0.29) is 6.61 Å². The Balaban J connectivity index is 1.46. The molecule has 4 rings (SSSR count). The predicted octanol–water partition coefficient (Wildman–Crippen LogP) is 2.49. The van der Waals surface area contributed by atoms with Gasteiger partial charge in [0, 0.05) is 12.1 Å². The van der Waals surface area contributed by atoms with Crippen LogP contribution in [0.15, 0.2) is 64.0 Å². The highest BCUT2D eigenvalue weighted by Crippen LogP contribution is 2.22. The lowest BCUT2D eigenvalue weighted by Crippen LogP contribution is -1.98. The number of rotatable bonds is 5. The third-order valence-corrected chi connectivity index (χ3v) is 3.14. The number of aromatic nitrogens is 5. The number of nitrogens with zero attached hydrogens (tertiary/aromatic N) is 5. The van der Waals surface area contributed by atoms with E-state index in [1.165, 1.54) is 6.33 Å². The summed E-state index contributed by atoms with van der Waals surface area (Å²) in [5, 5.41) is 15.0. The zero-order valence-electron chi connectivity index (χ0n) is 11.9. The van der Waals surface area contributed by atoms with Crippen molar-refractivity contribution in [1.82, 2.24) is 25.4 Å². The van der Waals surface area contributed by atoms with E-state index in [1.54, 1.807) is 29.1 Å². The molecule has 0 unspecified atom stereocenters. The molecule has 1 aromatic carbocycles. The molecule has 0 aliphatic carbocycles. The number of benzene rings is 1. The Morgan fingerprint density at radius 1 is 1.09 bits per heavy atom. The molecule has 0 radical (unpaired) electrons. The molecular weight excluding hydrogens is 298 g/mol. The first-order valence-electron chi connectivity index (χ1n) is 6.84. The first kappa shape index (κ1) is 13.3. The molecule has 8 heteroatoms. The summed E-state index contributed by atoms with van der Waals surface area (Å²) in [6.45, 7) is 0.281. The van der Waals surface area contributed by atoms with Crippen molar-refractivity contribution in [2.24, 2.45) is 0 Å². The molecule has 3 heterocycles. The minimum absolute atomic E-state index is 0.281. The summed E-state index contributed by atoms with van der Waals surface area (Å²) in [5.41, 5.74) is 1.48. The van der Waals surface area contributed by atoms with Gasteiger partial charge in [-0.05, 0) is 34.7 Å². The van der Waals surface area contributed by atoms with Gasteiger partial charge in [-0.25, -0.2) is 4.68 Å². The van der Waals surface area contributed by atoms with Gasteiger partial charge in [0.1, 0.15) is 24.4 Å². The van der Waals surface area contributed by atoms with E-state index >= 15 is 0 Å². The molecule has 0 amide bonds. The third kappa shape index (κ3) is 2.82. The smallest absolute Gasteiger partial charge is 0.202 e. The van der Waals surface area contributed by atoms with Crippen molar-refractivity contribution in [3.8, 4) is 23.0 Å². The van der Waals surface area contributed by atoms with Crippen molar-refractivity contribution in [2.75, 3.05) is 0 Å². The van der Waals surface area contributed by atoms with Gasteiger partial charge >= 0.3 is 0 Å². The van der Waals surface area contributed by atoms with Gasteiger partial charge in [-0.2, -0.15) is 0 Å². The topological polar surface area (TPSA) is 92.0 Å². The molecule has 0 bridgehead atoms. The number of ether oxygens (including phenoxy) is 1. The maximum atomic E-state index is 5.73. The van der Waals surface area contributed by atoms with Crippen LogP contribution in [0.4, 0.5) is 0 Å². The van der Waals surface area contributed by atoms with Crippen molar-refractivity contribution >= 4 is 0 Å². The van der Waals surface area contributed by atoms with E-state index in [4.69, 9.17) is 13.7 Å². The van der Waals surface area contributed by atoms with Gasteiger partial charge in [0.15, 0.2) is 5.76 Å². The molecule has 114 valence electrons. The highest BCUT2D eigenvalue weighted by Gasteiger charge is 2.09. The molecule has 23 heavy (non-hydrogen) atoms. The van der Waals surface area contributed by atoms with E-state index in [2.05, 4.69) is 20.7 Å². The van der Waals surface area contributed by atoms with Crippen LogP contribution >= 0.6 is 0 Å². The van der Waals surface area contributed by atoms with E-state index in [0.717, 1.165) is 5.69 Å². The molecule has 0 aliphatic heterocycles. The van der Waals surface area contributed by atoms with Crippen LogP contribution in [-0.2, 0) is 6.61 Å². The minimum Gasteiger partial charge on any atom is -0.487 e. The van der Waals surface area contributed by atoms with Crippen molar-refractivity contribution < 1.29 is 13.7 Å². The van der Waals surface area contributed by atoms with Gasteiger partial charge in [0.25, 0.3) is 0 Å². The maximum absolute atomic E-state index is 5.73. The van der Waals surface area contributed by atoms with E-state index in [0.29, 0.717) is 23.0 Å². The fraction of sp³-hybridized carbons (Fsp3) is 0.0667. The Bertz CT molecular complexity index is 884. The quantitative estimate of drug-likeness (QED) is 0.559. The summed E-state index contributed by atoms with van der Waals surface area (Å²) < 4.78 is 17.8. The number of furan rings is 1. The zero-order valence-corrected chi connectivity index (χ0v) is 11.9. The lowest BCUT2D eigenvalue weighted by atomic mass is 10.3. The zero-order chi connectivity index (χ0) is 15.5. The van der Waals surface area contributed by atoms with Crippen molar-refractivity contribution in [3.05, 3.63) is 60.7 Å². The highest BCUT2D eigenvalue weighted by atomic mass is 16.5. The van der Waals surface area contributed by atoms with Gasteiger partial charge in [0.05, 0.1) is 12.0 Å². The SMILES string of the molecule is c1cc(OCc2cc(-c3ccco3)on2)cc(-n2cnnn2)c1.